The summed E-state index contributed by atoms with van der Waals surface area (Å²) < 4.78 is 20.9. The maximum Gasteiger partial charge on any atom is 0.330 e. The quantitative estimate of drug-likeness (QED) is 0.266. The van der Waals surface area contributed by atoms with E-state index in [0.717, 1.165) is 37.7 Å². The Morgan fingerprint density at radius 1 is 0.931 bits per heavy atom. The minimum absolute atomic E-state index is 0.143. The second-order valence-electron chi connectivity index (χ2n) is 7.40. The summed E-state index contributed by atoms with van der Waals surface area (Å²) in [6, 6.07) is 5.40. The molecule has 0 heterocycles. The first-order valence-corrected chi connectivity index (χ1v) is 10.1. The van der Waals surface area contributed by atoms with Gasteiger partial charge in [-0.25, -0.2) is 4.79 Å². The van der Waals surface area contributed by atoms with Gasteiger partial charge in [-0.05, 0) is 69.7 Å². The molecular formula is C23H34O6. The van der Waals surface area contributed by atoms with Crippen LogP contribution in [0.1, 0.15) is 58.4 Å². The highest BCUT2D eigenvalue weighted by Gasteiger charge is 2.26. The first-order chi connectivity index (χ1) is 13.8. The maximum atomic E-state index is 11.8. The minimum atomic E-state index is -0.418. The van der Waals surface area contributed by atoms with Crippen LogP contribution in [0.15, 0.2) is 24.3 Å². The molecule has 29 heavy (non-hydrogen) atoms. The molecule has 0 unspecified atom stereocenters. The molecule has 0 saturated carbocycles. The first kappa shape index (κ1) is 24.5. The van der Waals surface area contributed by atoms with E-state index in [9.17, 15) is 9.59 Å². The zero-order chi connectivity index (χ0) is 21.7. The predicted molar refractivity (Wildman–Crippen MR) is 113 cm³/mol. The average molecular weight is 407 g/mol. The topological polar surface area (TPSA) is 71.1 Å². The number of methoxy groups -OCH3 is 2. The highest BCUT2D eigenvalue weighted by Crippen LogP contribution is 2.28. The van der Waals surface area contributed by atoms with Gasteiger partial charge in [0.1, 0.15) is 0 Å². The molecule has 0 aliphatic heterocycles. The van der Waals surface area contributed by atoms with E-state index >= 15 is 0 Å². The molecule has 162 valence electrons. The Labute approximate surface area is 174 Å². The number of benzene rings is 1. The van der Waals surface area contributed by atoms with Crippen molar-refractivity contribution in [1.82, 2.24) is 0 Å². The summed E-state index contributed by atoms with van der Waals surface area (Å²) in [6.07, 6.45) is 7.29. The lowest BCUT2D eigenvalue weighted by Gasteiger charge is -2.20. The molecule has 0 fully saturated rings. The number of unbranched alkanes of at least 4 members (excludes halogenated alkanes) is 3. The van der Waals surface area contributed by atoms with Crippen LogP contribution in [0.5, 0.6) is 11.5 Å². The molecular weight excluding hydrogens is 372 g/mol. The van der Waals surface area contributed by atoms with Crippen molar-refractivity contribution in [3.8, 4) is 11.5 Å². The fraction of sp³-hybridized carbons (Fsp3) is 0.565. The Morgan fingerprint density at radius 3 is 2.14 bits per heavy atom. The molecule has 0 aromatic heterocycles. The number of carbonyl (C=O) groups excluding carboxylic acids is 2. The van der Waals surface area contributed by atoms with Gasteiger partial charge in [0.15, 0.2) is 11.5 Å². The van der Waals surface area contributed by atoms with Crippen LogP contribution in [0.4, 0.5) is 0 Å². The molecule has 1 aromatic carbocycles. The molecule has 0 saturated heterocycles. The molecule has 0 bridgehead atoms. The molecule has 1 rings (SSSR count). The van der Waals surface area contributed by atoms with E-state index in [2.05, 4.69) is 0 Å². The molecule has 1 aromatic rings. The summed E-state index contributed by atoms with van der Waals surface area (Å²) in [5.41, 5.74) is 0.402. The second kappa shape index (κ2) is 12.9. The Morgan fingerprint density at radius 2 is 1.55 bits per heavy atom. The normalized spacial score (nSPS) is 11.3. The standard InChI is InChI=1S/C23H34O6/c1-6-23(2,3)22(25)29-16-10-8-7-9-15-28-21(24)14-12-18-11-13-19(26-4)20(17-18)27-5/h11-14,17H,6-10,15-16H2,1-5H3. The van der Waals surface area contributed by atoms with Crippen molar-refractivity contribution in [2.45, 2.75) is 52.9 Å². The van der Waals surface area contributed by atoms with E-state index in [1.54, 1.807) is 32.4 Å². The van der Waals surface area contributed by atoms with E-state index in [-0.39, 0.29) is 11.9 Å². The number of hydrogen-bond acceptors (Lipinski definition) is 6. The predicted octanol–water partition coefficient (Wildman–Crippen LogP) is 4.80. The van der Waals surface area contributed by atoms with Gasteiger partial charge in [-0.2, -0.15) is 0 Å². The first-order valence-electron chi connectivity index (χ1n) is 10.1. The summed E-state index contributed by atoms with van der Waals surface area (Å²) >= 11 is 0. The van der Waals surface area contributed by atoms with Gasteiger partial charge < -0.3 is 18.9 Å². The molecule has 0 N–H and O–H groups in total. The van der Waals surface area contributed by atoms with Crippen molar-refractivity contribution in [2.75, 3.05) is 27.4 Å². The Balaban J connectivity index is 2.18. The number of carbonyl (C=O) groups is 2. The van der Waals surface area contributed by atoms with Crippen LogP contribution in [0.25, 0.3) is 6.08 Å². The summed E-state index contributed by atoms with van der Waals surface area (Å²) in [7, 11) is 3.14. The van der Waals surface area contributed by atoms with Crippen LogP contribution < -0.4 is 9.47 Å². The Bertz CT molecular complexity index is 678. The lowest BCUT2D eigenvalue weighted by atomic mass is 9.91. The second-order valence-corrected chi connectivity index (χ2v) is 7.40. The van der Waals surface area contributed by atoms with Gasteiger partial charge in [0.05, 0.1) is 32.8 Å². The maximum absolute atomic E-state index is 11.8. The van der Waals surface area contributed by atoms with Crippen LogP contribution in [0.2, 0.25) is 0 Å². The number of rotatable bonds is 13. The fourth-order valence-corrected chi connectivity index (χ4v) is 2.40. The summed E-state index contributed by atoms with van der Waals surface area (Å²) in [4.78, 5) is 23.6. The molecule has 0 aliphatic carbocycles. The van der Waals surface area contributed by atoms with Crippen LogP contribution in [-0.4, -0.2) is 39.4 Å². The van der Waals surface area contributed by atoms with Gasteiger partial charge in [-0.15, -0.1) is 0 Å². The van der Waals surface area contributed by atoms with Crippen molar-refractivity contribution >= 4 is 18.0 Å². The zero-order valence-electron chi connectivity index (χ0n) is 18.3. The highest BCUT2D eigenvalue weighted by molar-refractivity contribution is 5.87. The Kier molecular flexibility index (Phi) is 10.9. The zero-order valence-corrected chi connectivity index (χ0v) is 18.3. The smallest absolute Gasteiger partial charge is 0.330 e. The van der Waals surface area contributed by atoms with Gasteiger partial charge in [0, 0.05) is 6.08 Å². The van der Waals surface area contributed by atoms with Crippen LogP contribution in [-0.2, 0) is 19.1 Å². The van der Waals surface area contributed by atoms with E-state index in [0.29, 0.717) is 24.7 Å². The number of ether oxygens (including phenoxy) is 4. The molecule has 0 radical (unpaired) electrons. The monoisotopic (exact) mass is 406 g/mol. The third kappa shape index (κ3) is 9.03. The van der Waals surface area contributed by atoms with Crippen LogP contribution in [0.3, 0.4) is 0 Å². The van der Waals surface area contributed by atoms with Crippen LogP contribution >= 0.6 is 0 Å². The van der Waals surface area contributed by atoms with E-state index < -0.39 is 5.41 Å². The third-order valence-corrected chi connectivity index (χ3v) is 4.77. The van der Waals surface area contributed by atoms with Crippen molar-refractivity contribution in [3.05, 3.63) is 29.8 Å². The largest absolute Gasteiger partial charge is 0.493 e. The van der Waals surface area contributed by atoms with Gasteiger partial charge in [-0.3, -0.25) is 4.79 Å². The molecule has 0 atom stereocenters. The molecule has 0 spiro atoms. The van der Waals surface area contributed by atoms with Gasteiger partial charge in [-0.1, -0.05) is 13.0 Å². The SMILES string of the molecule is CCC(C)(C)C(=O)OCCCCCCOC(=O)C=Cc1ccc(OC)c(OC)c1. The van der Waals surface area contributed by atoms with E-state index in [1.807, 2.05) is 26.8 Å². The lowest BCUT2D eigenvalue weighted by molar-refractivity contribution is -0.154. The number of esters is 2. The average Bonchev–Trinajstić information content (AvgIpc) is 2.73. The highest BCUT2D eigenvalue weighted by atomic mass is 16.5. The van der Waals surface area contributed by atoms with Crippen molar-refractivity contribution in [3.63, 3.8) is 0 Å². The third-order valence-electron chi connectivity index (χ3n) is 4.77. The number of hydrogen-bond donors (Lipinski definition) is 0. The van der Waals surface area contributed by atoms with Crippen LogP contribution in [0, 0.1) is 5.41 Å². The summed E-state index contributed by atoms with van der Waals surface area (Å²) in [5.74, 6) is 0.716. The minimum Gasteiger partial charge on any atom is -0.493 e. The fourth-order valence-electron chi connectivity index (χ4n) is 2.40. The lowest BCUT2D eigenvalue weighted by Crippen LogP contribution is -2.26. The molecule has 0 aliphatic rings. The summed E-state index contributed by atoms with van der Waals surface area (Å²) in [5, 5.41) is 0. The van der Waals surface area contributed by atoms with Crippen molar-refractivity contribution in [2.24, 2.45) is 5.41 Å². The Hall–Kier alpha value is -2.50. The van der Waals surface area contributed by atoms with Gasteiger partial charge in [0.25, 0.3) is 0 Å². The van der Waals surface area contributed by atoms with Crippen molar-refractivity contribution < 1.29 is 28.5 Å². The summed E-state index contributed by atoms with van der Waals surface area (Å²) in [6.45, 7) is 6.58. The molecule has 6 nitrogen and oxygen atoms in total. The van der Waals surface area contributed by atoms with Gasteiger partial charge >= 0.3 is 11.9 Å². The van der Waals surface area contributed by atoms with Gasteiger partial charge in [0.2, 0.25) is 0 Å². The molecule has 0 amide bonds. The van der Waals surface area contributed by atoms with E-state index in [1.165, 1.54) is 6.08 Å². The van der Waals surface area contributed by atoms with E-state index in [4.69, 9.17) is 18.9 Å². The molecule has 6 heteroatoms. The van der Waals surface area contributed by atoms with Crippen molar-refractivity contribution in [1.29, 1.82) is 0 Å².